The minimum Gasteiger partial charge on any atom is -0.508 e. The number of rotatable bonds is 2. The zero-order valence-corrected chi connectivity index (χ0v) is 10.2. The van der Waals surface area contributed by atoms with Crippen LogP contribution in [0.4, 0.5) is 0 Å². The molecule has 1 N–H and O–H groups in total. The average molecular weight is 229 g/mol. The van der Waals surface area contributed by atoms with E-state index in [2.05, 4.69) is 4.98 Å². The Balaban J connectivity index is 2.68. The molecular weight excluding hydrogens is 214 g/mol. The Morgan fingerprint density at radius 3 is 2.41 bits per heavy atom. The van der Waals surface area contributed by atoms with Gasteiger partial charge in [0.25, 0.3) is 0 Å². The normalized spacial score (nSPS) is 10.3. The fourth-order valence-corrected chi connectivity index (χ4v) is 2.11. The summed E-state index contributed by atoms with van der Waals surface area (Å²) in [6.07, 6.45) is 3.44. The number of hydrogen-bond donors (Lipinski definition) is 1. The lowest BCUT2D eigenvalue weighted by Crippen LogP contribution is -1.93. The summed E-state index contributed by atoms with van der Waals surface area (Å²) in [7, 11) is 1.63. The van der Waals surface area contributed by atoms with Crippen molar-refractivity contribution in [2.75, 3.05) is 7.11 Å². The van der Waals surface area contributed by atoms with Crippen LogP contribution >= 0.6 is 0 Å². The van der Waals surface area contributed by atoms with Crippen molar-refractivity contribution in [1.82, 2.24) is 4.98 Å². The third-order valence-corrected chi connectivity index (χ3v) is 2.79. The van der Waals surface area contributed by atoms with Gasteiger partial charge in [-0.15, -0.1) is 0 Å². The van der Waals surface area contributed by atoms with Crippen molar-refractivity contribution < 1.29 is 9.84 Å². The fraction of sp³-hybridized carbons (Fsp3) is 0.214. The molecule has 2 aromatic rings. The van der Waals surface area contributed by atoms with E-state index in [9.17, 15) is 5.11 Å². The SMILES string of the molecule is COc1cnccc1-c1c(C)cc(O)cc1C. The standard InChI is InChI=1S/C14H15NO2/c1-9-6-11(16)7-10(2)14(9)12-4-5-15-8-13(12)17-3/h4-8,16H,1-3H3. The van der Waals surface area contributed by atoms with Crippen molar-refractivity contribution in [2.24, 2.45) is 0 Å². The van der Waals surface area contributed by atoms with Crippen molar-refractivity contribution in [3.05, 3.63) is 41.7 Å². The summed E-state index contributed by atoms with van der Waals surface area (Å²) < 4.78 is 5.31. The van der Waals surface area contributed by atoms with Gasteiger partial charge in [-0.05, 0) is 48.7 Å². The number of hydrogen-bond acceptors (Lipinski definition) is 3. The highest BCUT2D eigenvalue weighted by Crippen LogP contribution is 2.35. The number of aryl methyl sites for hydroxylation is 2. The first kappa shape index (κ1) is 11.5. The number of benzene rings is 1. The van der Waals surface area contributed by atoms with Crippen molar-refractivity contribution in [3.63, 3.8) is 0 Å². The summed E-state index contributed by atoms with van der Waals surface area (Å²) in [5.74, 6) is 1.03. The molecule has 0 bridgehead atoms. The van der Waals surface area contributed by atoms with E-state index < -0.39 is 0 Å². The van der Waals surface area contributed by atoms with Crippen LogP contribution in [0, 0.1) is 13.8 Å². The van der Waals surface area contributed by atoms with Gasteiger partial charge in [-0.2, -0.15) is 0 Å². The van der Waals surface area contributed by atoms with Crippen LogP contribution in [0.3, 0.4) is 0 Å². The molecule has 3 heteroatoms. The van der Waals surface area contributed by atoms with E-state index in [0.29, 0.717) is 0 Å². The van der Waals surface area contributed by atoms with Crippen molar-refractivity contribution in [1.29, 1.82) is 0 Å². The van der Waals surface area contributed by atoms with Crippen molar-refractivity contribution in [3.8, 4) is 22.6 Å². The Hall–Kier alpha value is -2.03. The second-order valence-electron chi connectivity index (χ2n) is 4.03. The Labute approximate surface area is 101 Å². The number of aromatic hydroxyl groups is 1. The largest absolute Gasteiger partial charge is 0.508 e. The molecule has 0 aliphatic rings. The number of phenolic OH excluding ortho intramolecular Hbond substituents is 1. The summed E-state index contributed by atoms with van der Waals surface area (Å²) in [6.45, 7) is 3.95. The lowest BCUT2D eigenvalue weighted by atomic mass is 9.95. The quantitative estimate of drug-likeness (QED) is 0.860. The predicted octanol–water partition coefficient (Wildman–Crippen LogP) is 3.08. The molecule has 1 aromatic carbocycles. The first-order valence-corrected chi connectivity index (χ1v) is 5.42. The molecule has 0 atom stereocenters. The molecule has 17 heavy (non-hydrogen) atoms. The van der Waals surface area contributed by atoms with E-state index in [-0.39, 0.29) is 5.75 Å². The summed E-state index contributed by atoms with van der Waals surface area (Å²) in [5.41, 5.74) is 4.12. The molecule has 2 rings (SSSR count). The molecule has 0 saturated carbocycles. The highest BCUT2D eigenvalue weighted by atomic mass is 16.5. The number of pyridine rings is 1. The molecular formula is C14H15NO2. The van der Waals surface area contributed by atoms with E-state index in [0.717, 1.165) is 28.0 Å². The summed E-state index contributed by atoms with van der Waals surface area (Å²) in [6, 6.07) is 5.43. The Kier molecular flexibility index (Phi) is 3.00. The minimum absolute atomic E-state index is 0.289. The van der Waals surface area contributed by atoms with Crippen LogP contribution in [-0.4, -0.2) is 17.2 Å². The zero-order valence-electron chi connectivity index (χ0n) is 10.2. The fourth-order valence-electron chi connectivity index (χ4n) is 2.11. The topological polar surface area (TPSA) is 42.4 Å². The Bertz CT molecular complexity index is 527. The number of nitrogens with zero attached hydrogens (tertiary/aromatic N) is 1. The second kappa shape index (κ2) is 4.45. The maximum atomic E-state index is 9.55. The van der Waals surface area contributed by atoms with Gasteiger partial charge in [0.2, 0.25) is 0 Å². The monoisotopic (exact) mass is 229 g/mol. The van der Waals surface area contributed by atoms with Gasteiger partial charge in [0.15, 0.2) is 0 Å². The predicted molar refractivity (Wildman–Crippen MR) is 67.4 cm³/mol. The van der Waals surface area contributed by atoms with Gasteiger partial charge in [-0.25, -0.2) is 0 Å². The smallest absolute Gasteiger partial charge is 0.144 e. The second-order valence-corrected chi connectivity index (χ2v) is 4.03. The third-order valence-electron chi connectivity index (χ3n) is 2.79. The molecule has 3 nitrogen and oxygen atoms in total. The van der Waals surface area contributed by atoms with Gasteiger partial charge < -0.3 is 9.84 Å². The maximum absolute atomic E-state index is 9.55. The van der Waals surface area contributed by atoms with Crippen LogP contribution in [0.5, 0.6) is 11.5 Å². The van der Waals surface area contributed by atoms with E-state index >= 15 is 0 Å². The number of aromatic nitrogens is 1. The molecule has 0 saturated heterocycles. The molecule has 0 spiro atoms. The number of ether oxygens (including phenoxy) is 1. The highest BCUT2D eigenvalue weighted by Gasteiger charge is 2.11. The number of phenols is 1. The molecule has 0 aliphatic heterocycles. The molecule has 0 fully saturated rings. The molecule has 0 amide bonds. The van der Waals surface area contributed by atoms with Gasteiger partial charge >= 0.3 is 0 Å². The van der Waals surface area contributed by atoms with Crippen LogP contribution in [0.1, 0.15) is 11.1 Å². The van der Waals surface area contributed by atoms with Gasteiger partial charge in [0, 0.05) is 11.8 Å². The molecule has 0 radical (unpaired) electrons. The summed E-state index contributed by atoms with van der Waals surface area (Å²) >= 11 is 0. The van der Waals surface area contributed by atoms with E-state index in [4.69, 9.17) is 4.74 Å². The van der Waals surface area contributed by atoms with Gasteiger partial charge in [0.05, 0.1) is 13.3 Å². The third kappa shape index (κ3) is 2.09. The van der Waals surface area contributed by atoms with E-state index in [1.165, 1.54) is 0 Å². The van der Waals surface area contributed by atoms with Crippen LogP contribution in [0.25, 0.3) is 11.1 Å². The van der Waals surface area contributed by atoms with Crippen LogP contribution in [-0.2, 0) is 0 Å². The van der Waals surface area contributed by atoms with Gasteiger partial charge in [-0.1, -0.05) is 0 Å². The molecule has 1 aromatic heterocycles. The molecule has 0 aliphatic carbocycles. The molecule has 1 heterocycles. The van der Waals surface area contributed by atoms with Crippen LogP contribution < -0.4 is 4.74 Å². The molecule has 0 unspecified atom stereocenters. The average Bonchev–Trinajstić information content (AvgIpc) is 2.28. The summed E-state index contributed by atoms with van der Waals surface area (Å²) in [4.78, 5) is 4.04. The highest BCUT2D eigenvalue weighted by molar-refractivity contribution is 5.76. The van der Waals surface area contributed by atoms with Crippen LogP contribution in [0.2, 0.25) is 0 Å². The van der Waals surface area contributed by atoms with Gasteiger partial charge in [-0.3, -0.25) is 4.98 Å². The van der Waals surface area contributed by atoms with Crippen LogP contribution in [0.15, 0.2) is 30.6 Å². The van der Waals surface area contributed by atoms with Crippen molar-refractivity contribution in [2.45, 2.75) is 13.8 Å². The minimum atomic E-state index is 0.289. The number of methoxy groups -OCH3 is 1. The molecule has 88 valence electrons. The van der Waals surface area contributed by atoms with E-state index in [1.807, 2.05) is 19.9 Å². The zero-order chi connectivity index (χ0) is 12.4. The first-order valence-electron chi connectivity index (χ1n) is 5.42. The van der Waals surface area contributed by atoms with Gasteiger partial charge in [0.1, 0.15) is 11.5 Å². The Morgan fingerprint density at radius 1 is 1.18 bits per heavy atom. The first-order chi connectivity index (χ1) is 8.13. The van der Waals surface area contributed by atoms with Crippen molar-refractivity contribution >= 4 is 0 Å². The van der Waals surface area contributed by atoms with E-state index in [1.54, 1.807) is 31.6 Å². The lowest BCUT2D eigenvalue weighted by Gasteiger charge is -2.13. The summed E-state index contributed by atoms with van der Waals surface area (Å²) in [5, 5.41) is 9.55. The Morgan fingerprint density at radius 2 is 1.82 bits per heavy atom. The maximum Gasteiger partial charge on any atom is 0.144 e. The lowest BCUT2D eigenvalue weighted by molar-refractivity contribution is 0.414.